The van der Waals surface area contributed by atoms with Crippen LogP contribution >= 0.6 is 0 Å². The summed E-state index contributed by atoms with van der Waals surface area (Å²) >= 11 is 0. The van der Waals surface area contributed by atoms with E-state index in [-0.39, 0.29) is 30.7 Å². The highest BCUT2D eigenvalue weighted by molar-refractivity contribution is 5.97. The quantitative estimate of drug-likeness (QED) is 0.644. The Kier molecular flexibility index (Phi) is 5.34. The van der Waals surface area contributed by atoms with Crippen molar-refractivity contribution in [2.24, 2.45) is 0 Å². The van der Waals surface area contributed by atoms with Gasteiger partial charge in [0.25, 0.3) is 11.5 Å². The maximum absolute atomic E-state index is 12.7. The van der Waals surface area contributed by atoms with Gasteiger partial charge in [-0.2, -0.15) is 0 Å². The number of benzene rings is 2. The summed E-state index contributed by atoms with van der Waals surface area (Å²) in [5.74, 6) is 0.572. The molecule has 2 amide bonds. The number of carbonyl (C=O) groups is 2. The fraction of sp³-hybridized carbons (Fsp3) is 0.238. The zero-order valence-corrected chi connectivity index (χ0v) is 16.3. The molecule has 3 aromatic rings. The third kappa shape index (κ3) is 3.95. The monoisotopic (exact) mass is 408 g/mol. The van der Waals surface area contributed by atoms with Crippen LogP contribution in [-0.4, -0.2) is 34.7 Å². The summed E-state index contributed by atoms with van der Waals surface area (Å²) in [6.45, 7) is 2.49. The molecule has 0 spiro atoms. The first-order chi connectivity index (χ1) is 14.5. The molecule has 9 nitrogen and oxygen atoms in total. The number of hydrogen-bond donors (Lipinski definition) is 2. The number of nitrogens with zero attached hydrogens (tertiary/aromatic N) is 2. The molecule has 0 atom stereocenters. The minimum absolute atomic E-state index is 0.146. The molecule has 2 aromatic carbocycles. The topological polar surface area (TPSA) is 112 Å². The van der Waals surface area contributed by atoms with E-state index in [9.17, 15) is 14.4 Å². The van der Waals surface area contributed by atoms with Crippen LogP contribution in [0.2, 0.25) is 0 Å². The lowest BCUT2D eigenvalue weighted by Gasteiger charge is -2.09. The van der Waals surface area contributed by atoms with Gasteiger partial charge in [0.05, 0.1) is 17.2 Å². The van der Waals surface area contributed by atoms with Crippen LogP contribution in [0.5, 0.6) is 11.5 Å². The van der Waals surface area contributed by atoms with Crippen molar-refractivity contribution >= 4 is 28.4 Å². The van der Waals surface area contributed by atoms with Gasteiger partial charge in [-0.15, -0.1) is 0 Å². The van der Waals surface area contributed by atoms with Crippen molar-refractivity contribution in [1.82, 2.24) is 14.9 Å². The predicted octanol–water partition coefficient (Wildman–Crippen LogP) is 1.90. The summed E-state index contributed by atoms with van der Waals surface area (Å²) in [6, 6.07) is 9.75. The second-order valence-corrected chi connectivity index (χ2v) is 6.78. The van der Waals surface area contributed by atoms with E-state index in [2.05, 4.69) is 15.6 Å². The van der Waals surface area contributed by atoms with E-state index in [1.807, 2.05) is 6.92 Å². The van der Waals surface area contributed by atoms with E-state index >= 15 is 0 Å². The lowest BCUT2D eigenvalue weighted by Crippen LogP contribution is -2.28. The van der Waals surface area contributed by atoms with Crippen molar-refractivity contribution in [3.8, 4) is 11.5 Å². The van der Waals surface area contributed by atoms with E-state index in [4.69, 9.17) is 9.47 Å². The smallest absolute Gasteiger partial charge is 0.261 e. The molecule has 0 radical (unpaired) electrons. The maximum atomic E-state index is 12.7. The standard InChI is InChI=1S/C21H20N4O5/c1-2-7-22-20(27)13-3-5-15-16(8-13)23-11-25(21(15)28)10-19(26)24-14-4-6-17-18(9-14)30-12-29-17/h3-6,8-9,11H,2,7,10,12H2,1H3,(H,22,27)(H,24,26). The summed E-state index contributed by atoms with van der Waals surface area (Å²) < 4.78 is 11.8. The Balaban J connectivity index is 1.50. The molecule has 4 rings (SSSR count). The molecular weight excluding hydrogens is 388 g/mol. The third-order valence-corrected chi connectivity index (χ3v) is 4.59. The van der Waals surface area contributed by atoms with E-state index in [1.165, 1.54) is 10.9 Å². The number of amides is 2. The molecule has 0 saturated heterocycles. The highest BCUT2D eigenvalue weighted by atomic mass is 16.7. The Hall–Kier alpha value is -3.88. The van der Waals surface area contributed by atoms with Crippen LogP contribution in [0, 0.1) is 0 Å². The first kappa shape index (κ1) is 19.4. The molecule has 0 aliphatic carbocycles. The van der Waals surface area contributed by atoms with E-state index in [0.29, 0.717) is 40.2 Å². The van der Waals surface area contributed by atoms with Crippen LogP contribution in [0.25, 0.3) is 10.9 Å². The minimum atomic E-state index is -0.382. The molecule has 1 aromatic heterocycles. The molecule has 1 aliphatic rings. The van der Waals surface area contributed by atoms with Gasteiger partial charge < -0.3 is 20.1 Å². The molecule has 9 heteroatoms. The van der Waals surface area contributed by atoms with Gasteiger partial charge in [-0.25, -0.2) is 4.98 Å². The summed E-state index contributed by atoms with van der Waals surface area (Å²) in [5.41, 5.74) is 1.01. The zero-order chi connectivity index (χ0) is 21.1. The molecule has 0 fully saturated rings. The van der Waals surface area contributed by atoms with Crippen molar-refractivity contribution in [3.05, 3.63) is 58.6 Å². The van der Waals surface area contributed by atoms with Gasteiger partial charge in [0.2, 0.25) is 12.7 Å². The number of anilines is 1. The first-order valence-electron chi connectivity index (χ1n) is 9.52. The van der Waals surface area contributed by atoms with Crippen molar-refractivity contribution in [2.45, 2.75) is 19.9 Å². The number of aromatic nitrogens is 2. The Bertz CT molecular complexity index is 1190. The second-order valence-electron chi connectivity index (χ2n) is 6.78. The number of rotatable bonds is 6. The number of nitrogens with one attached hydrogen (secondary N) is 2. The van der Waals surface area contributed by atoms with Gasteiger partial charge in [0.15, 0.2) is 11.5 Å². The predicted molar refractivity (Wildman–Crippen MR) is 110 cm³/mol. The summed E-state index contributed by atoms with van der Waals surface area (Å²) in [6.07, 6.45) is 2.13. The van der Waals surface area contributed by atoms with Gasteiger partial charge in [-0.1, -0.05) is 6.92 Å². The highest BCUT2D eigenvalue weighted by Gasteiger charge is 2.15. The maximum Gasteiger partial charge on any atom is 0.261 e. The molecule has 2 heterocycles. The van der Waals surface area contributed by atoms with Crippen LogP contribution in [0.1, 0.15) is 23.7 Å². The Labute approximate surface area is 171 Å². The van der Waals surface area contributed by atoms with Crippen LogP contribution in [0.15, 0.2) is 47.5 Å². The molecule has 2 N–H and O–H groups in total. The molecular formula is C21H20N4O5. The molecule has 1 aliphatic heterocycles. The summed E-state index contributed by atoms with van der Waals surface area (Å²) in [5, 5.41) is 5.84. The van der Waals surface area contributed by atoms with Crippen LogP contribution in [-0.2, 0) is 11.3 Å². The van der Waals surface area contributed by atoms with Crippen LogP contribution < -0.4 is 25.7 Å². The Morgan fingerprint density at radius 1 is 1.13 bits per heavy atom. The van der Waals surface area contributed by atoms with E-state index < -0.39 is 0 Å². The zero-order valence-electron chi connectivity index (χ0n) is 16.3. The largest absolute Gasteiger partial charge is 0.454 e. The van der Waals surface area contributed by atoms with Gasteiger partial charge in [-0.05, 0) is 36.8 Å². The fourth-order valence-corrected chi connectivity index (χ4v) is 3.08. The van der Waals surface area contributed by atoms with Gasteiger partial charge in [-0.3, -0.25) is 19.0 Å². The SMILES string of the molecule is CCCNC(=O)c1ccc2c(=O)n(CC(=O)Nc3ccc4c(c3)OCO4)cnc2c1. The van der Waals surface area contributed by atoms with Crippen LogP contribution in [0.4, 0.5) is 5.69 Å². The molecule has 0 saturated carbocycles. The summed E-state index contributed by atoms with van der Waals surface area (Å²) in [4.78, 5) is 41.5. The number of ether oxygens (including phenoxy) is 2. The van der Waals surface area contributed by atoms with Crippen molar-refractivity contribution in [3.63, 3.8) is 0 Å². The average Bonchev–Trinajstić information content (AvgIpc) is 3.21. The second kappa shape index (κ2) is 8.24. The van der Waals surface area contributed by atoms with E-state index in [0.717, 1.165) is 6.42 Å². The Morgan fingerprint density at radius 3 is 2.80 bits per heavy atom. The lowest BCUT2D eigenvalue weighted by molar-refractivity contribution is -0.116. The van der Waals surface area contributed by atoms with E-state index in [1.54, 1.807) is 36.4 Å². The highest BCUT2D eigenvalue weighted by Crippen LogP contribution is 2.34. The molecule has 0 bridgehead atoms. The van der Waals surface area contributed by atoms with Crippen molar-refractivity contribution < 1.29 is 19.1 Å². The van der Waals surface area contributed by atoms with Crippen LogP contribution in [0.3, 0.4) is 0 Å². The third-order valence-electron chi connectivity index (χ3n) is 4.59. The average molecular weight is 408 g/mol. The number of carbonyl (C=O) groups excluding carboxylic acids is 2. The van der Waals surface area contributed by atoms with Gasteiger partial charge in [0, 0.05) is 23.9 Å². The number of hydrogen-bond acceptors (Lipinski definition) is 6. The van der Waals surface area contributed by atoms with Crippen molar-refractivity contribution in [1.29, 1.82) is 0 Å². The molecule has 154 valence electrons. The lowest BCUT2D eigenvalue weighted by atomic mass is 10.1. The number of fused-ring (bicyclic) bond motifs is 2. The fourth-order valence-electron chi connectivity index (χ4n) is 3.08. The van der Waals surface area contributed by atoms with Crippen molar-refractivity contribution in [2.75, 3.05) is 18.7 Å². The molecule has 30 heavy (non-hydrogen) atoms. The minimum Gasteiger partial charge on any atom is -0.454 e. The van der Waals surface area contributed by atoms with Gasteiger partial charge in [0.1, 0.15) is 6.54 Å². The normalized spacial score (nSPS) is 12.0. The summed E-state index contributed by atoms with van der Waals surface area (Å²) in [7, 11) is 0. The first-order valence-corrected chi connectivity index (χ1v) is 9.52. The molecule has 0 unspecified atom stereocenters. The Morgan fingerprint density at radius 2 is 1.97 bits per heavy atom. The van der Waals surface area contributed by atoms with Gasteiger partial charge >= 0.3 is 0 Å².